The Bertz CT molecular complexity index is 130. The molecule has 64 valence electrons. The number of hydrogen-bond acceptors (Lipinski definition) is 2. The molecule has 1 rings (SSSR count). The largest absolute Gasteiger partial charge is 0.390 e. The van der Waals surface area contributed by atoms with Gasteiger partial charge in [-0.15, -0.1) is 0 Å². The summed E-state index contributed by atoms with van der Waals surface area (Å²) in [6.07, 6.45) is 5.42. The summed E-state index contributed by atoms with van der Waals surface area (Å²) in [4.78, 5) is 9.89. The van der Waals surface area contributed by atoms with E-state index < -0.39 is 5.60 Å². The van der Waals surface area contributed by atoms with Crippen molar-refractivity contribution < 1.29 is 9.90 Å². The highest BCUT2D eigenvalue weighted by Crippen LogP contribution is 2.31. The van der Waals surface area contributed by atoms with Crippen molar-refractivity contribution in [1.82, 2.24) is 5.32 Å². The van der Waals surface area contributed by atoms with E-state index in [2.05, 4.69) is 5.32 Å². The lowest BCUT2D eigenvalue weighted by molar-refractivity contribution is -0.109. The SMILES string of the molecule is O=CNCCC1(O)CCCC1. The van der Waals surface area contributed by atoms with Crippen molar-refractivity contribution in [2.45, 2.75) is 37.7 Å². The Morgan fingerprint density at radius 2 is 2.09 bits per heavy atom. The maximum Gasteiger partial charge on any atom is 0.207 e. The first-order chi connectivity index (χ1) is 5.27. The third-order valence-electron chi connectivity index (χ3n) is 2.35. The van der Waals surface area contributed by atoms with Crippen LogP contribution in [0, 0.1) is 0 Å². The predicted molar refractivity (Wildman–Crippen MR) is 42.1 cm³/mol. The lowest BCUT2D eigenvalue weighted by atomic mass is 9.98. The van der Waals surface area contributed by atoms with Gasteiger partial charge in [-0.2, -0.15) is 0 Å². The van der Waals surface area contributed by atoms with E-state index in [1.54, 1.807) is 0 Å². The van der Waals surface area contributed by atoms with Crippen LogP contribution in [0.15, 0.2) is 0 Å². The average Bonchev–Trinajstić information content (AvgIpc) is 2.38. The van der Waals surface area contributed by atoms with Gasteiger partial charge >= 0.3 is 0 Å². The number of carbonyl (C=O) groups excluding carboxylic acids is 1. The first-order valence-electron chi connectivity index (χ1n) is 4.16. The molecule has 1 saturated carbocycles. The average molecular weight is 157 g/mol. The van der Waals surface area contributed by atoms with Gasteiger partial charge in [-0.25, -0.2) is 0 Å². The quantitative estimate of drug-likeness (QED) is 0.459. The Kier molecular flexibility index (Phi) is 2.88. The van der Waals surface area contributed by atoms with E-state index in [1.165, 1.54) is 0 Å². The van der Waals surface area contributed by atoms with Gasteiger partial charge in [0, 0.05) is 6.54 Å². The van der Waals surface area contributed by atoms with Gasteiger partial charge < -0.3 is 10.4 Å². The van der Waals surface area contributed by atoms with Gasteiger partial charge in [0.1, 0.15) is 0 Å². The second-order valence-electron chi connectivity index (χ2n) is 3.25. The van der Waals surface area contributed by atoms with Crippen LogP contribution in [0.5, 0.6) is 0 Å². The second kappa shape index (κ2) is 3.72. The van der Waals surface area contributed by atoms with E-state index in [9.17, 15) is 9.90 Å². The summed E-state index contributed by atoms with van der Waals surface area (Å²) in [5.41, 5.74) is -0.476. The molecular weight excluding hydrogens is 142 g/mol. The fourth-order valence-electron chi connectivity index (χ4n) is 1.65. The molecule has 0 aromatic heterocycles. The number of amides is 1. The van der Waals surface area contributed by atoms with Crippen LogP contribution in [0.1, 0.15) is 32.1 Å². The Morgan fingerprint density at radius 3 is 2.64 bits per heavy atom. The number of nitrogens with one attached hydrogen (secondary N) is 1. The smallest absolute Gasteiger partial charge is 0.207 e. The van der Waals surface area contributed by atoms with E-state index in [0.29, 0.717) is 19.4 Å². The third-order valence-corrected chi connectivity index (χ3v) is 2.35. The van der Waals surface area contributed by atoms with Crippen LogP contribution in [0.3, 0.4) is 0 Å². The molecule has 11 heavy (non-hydrogen) atoms. The molecule has 0 unspecified atom stereocenters. The molecule has 0 spiro atoms. The van der Waals surface area contributed by atoms with Gasteiger partial charge in [-0.1, -0.05) is 12.8 Å². The highest BCUT2D eigenvalue weighted by atomic mass is 16.3. The zero-order chi connectivity index (χ0) is 8.16. The summed E-state index contributed by atoms with van der Waals surface area (Å²) in [6.45, 7) is 0.597. The monoisotopic (exact) mass is 157 g/mol. The van der Waals surface area contributed by atoms with Gasteiger partial charge in [0.25, 0.3) is 0 Å². The highest BCUT2D eigenvalue weighted by Gasteiger charge is 2.29. The van der Waals surface area contributed by atoms with Crippen LogP contribution < -0.4 is 5.32 Å². The molecule has 0 aromatic carbocycles. The molecular formula is C8H15NO2. The number of carbonyl (C=O) groups is 1. The lowest BCUT2D eigenvalue weighted by Crippen LogP contribution is -2.29. The molecule has 2 N–H and O–H groups in total. The van der Waals surface area contributed by atoms with E-state index in [0.717, 1.165) is 25.7 Å². The maximum atomic E-state index is 9.89. The molecule has 3 nitrogen and oxygen atoms in total. The first-order valence-corrected chi connectivity index (χ1v) is 4.16. The predicted octanol–water partition coefficient (Wildman–Crippen LogP) is 0.428. The molecule has 0 saturated heterocycles. The molecule has 0 atom stereocenters. The van der Waals surface area contributed by atoms with Crippen LogP contribution in [0.4, 0.5) is 0 Å². The minimum atomic E-state index is -0.476. The minimum absolute atomic E-state index is 0.476. The number of rotatable bonds is 4. The fourth-order valence-corrected chi connectivity index (χ4v) is 1.65. The van der Waals surface area contributed by atoms with Crippen molar-refractivity contribution in [3.8, 4) is 0 Å². The Balaban J connectivity index is 2.17. The van der Waals surface area contributed by atoms with E-state index in [4.69, 9.17) is 0 Å². The Labute approximate surface area is 66.8 Å². The van der Waals surface area contributed by atoms with Gasteiger partial charge in [-0.3, -0.25) is 4.79 Å². The van der Waals surface area contributed by atoms with Gasteiger partial charge in [-0.05, 0) is 19.3 Å². The summed E-state index contributed by atoms with van der Waals surface area (Å²) < 4.78 is 0. The summed E-state index contributed by atoms with van der Waals surface area (Å²) in [5.74, 6) is 0. The molecule has 1 aliphatic carbocycles. The van der Waals surface area contributed by atoms with Crippen molar-refractivity contribution in [2.75, 3.05) is 6.54 Å². The Hall–Kier alpha value is -0.570. The first kappa shape index (κ1) is 8.53. The minimum Gasteiger partial charge on any atom is -0.390 e. The number of hydrogen-bond donors (Lipinski definition) is 2. The van der Waals surface area contributed by atoms with E-state index >= 15 is 0 Å². The summed E-state index contributed by atoms with van der Waals surface area (Å²) in [7, 11) is 0. The summed E-state index contributed by atoms with van der Waals surface area (Å²) >= 11 is 0. The topological polar surface area (TPSA) is 49.3 Å². The van der Waals surface area contributed by atoms with Gasteiger partial charge in [0.15, 0.2) is 0 Å². The van der Waals surface area contributed by atoms with Crippen molar-refractivity contribution in [3.05, 3.63) is 0 Å². The van der Waals surface area contributed by atoms with Crippen molar-refractivity contribution >= 4 is 6.41 Å². The maximum absolute atomic E-state index is 9.89. The molecule has 1 aliphatic rings. The van der Waals surface area contributed by atoms with Crippen LogP contribution >= 0.6 is 0 Å². The number of aliphatic hydroxyl groups is 1. The standard InChI is InChI=1S/C8H15NO2/c10-7-9-6-5-8(11)3-1-2-4-8/h7,11H,1-6H2,(H,9,10). The normalized spacial score (nSPS) is 21.5. The van der Waals surface area contributed by atoms with E-state index in [-0.39, 0.29) is 0 Å². The molecule has 0 heterocycles. The van der Waals surface area contributed by atoms with Crippen LogP contribution in [0.25, 0.3) is 0 Å². The van der Waals surface area contributed by atoms with Gasteiger partial charge in [0.05, 0.1) is 5.60 Å². The van der Waals surface area contributed by atoms with E-state index in [1.807, 2.05) is 0 Å². The van der Waals surface area contributed by atoms with Crippen LogP contribution in [0.2, 0.25) is 0 Å². The molecule has 1 amide bonds. The highest BCUT2D eigenvalue weighted by molar-refractivity contribution is 5.45. The van der Waals surface area contributed by atoms with Gasteiger partial charge in [0.2, 0.25) is 6.41 Å². The van der Waals surface area contributed by atoms with Crippen molar-refractivity contribution in [3.63, 3.8) is 0 Å². The molecule has 0 bridgehead atoms. The molecule has 1 fully saturated rings. The van der Waals surface area contributed by atoms with Crippen molar-refractivity contribution in [2.24, 2.45) is 0 Å². The van der Waals surface area contributed by atoms with Crippen LogP contribution in [-0.4, -0.2) is 23.7 Å². The lowest BCUT2D eigenvalue weighted by Gasteiger charge is -2.21. The van der Waals surface area contributed by atoms with Crippen LogP contribution in [-0.2, 0) is 4.79 Å². The Morgan fingerprint density at radius 1 is 1.45 bits per heavy atom. The second-order valence-corrected chi connectivity index (χ2v) is 3.25. The summed E-state index contributed by atoms with van der Waals surface area (Å²) in [5, 5.41) is 12.3. The molecule has 0 aromatic rings. The third kappa shape index (κ3) is 2.50. The molecule has 0 radical (unpaired) electrons. The zero-order valence-corrected chi connectivity index (χ0v) is 6.68. The zero-order valence-electron chi connectivity index (χ0n) is 6.68. The fraction of sp³-hybridized carbons (Fsp3) is 0.875. The molecule has 0 aliphatic heterocycles. The molecule has 3 heteroatoms. The van der Waals surface area contributed by atoms with Crippen molar-refractivity contribution in [1.29, 1.82) is 0 Å². The summed E-state index contributed by atoms with van der Waals surface area (Å²) in [6, 6.07) is 0.